The van der Waals surface area contributed by atoms with Crippen LogP contribution in [0.2, 0.25) is 0 Å². The van der Waals surface area contributed by atoms with Crippen molar-refractivity contribution < 1.29 is 14.3 Å². The van der Waals surface area contributed by atoms with E-state index in [0.29, 0.717) is 43.4 Å². The van der Waals surface area contributed by atoms with E-state index in [-0.39, 0.29) is 5.91 Å². The van der Waals surface area contributed by atoms with Gasteiger partial charge in [-0.2, -0.15) is 0 Å². The van der Waals surface area contributed by atoms with E-state index in [2.05, 4.69) is 11.2 Å². The Morgan fingerprint density at radius 3 is 2.86 bits per heavy atom. The molecule has 0 spiro atoms. The number of terminal acetylenes is 1. The van der Waals surface area contributed by atoms with Gasteiger partial charge in [0.05, 0.1) is 6.54 Å². The van der Waals surface area contributed by atoms with E-state index in [0.717, 1.165) is 13.1 Å². The van der Waals surface area contributed by atoms with Crippen molar-refractivity contribution in [1.29, 1.82) is 0 Å². The summed E-state index contributed by atoms with van der Waals surface area (Å²) in [5.41, 5.74) is 0.706. The number of likely N-dealkylation sites (N-methyl/N-ethyl adjacent to an activating group) is 1. The molecule has 1 heterocycles. The molecular formula is C16H20N2O3. The third kappa shape index (κ3) is 4.40. The molecule has 1 aliphatic heterocycles. The van der Waals surface area contributed by atoms with Gasteiger partial charge in [-0.1, -0.05) is 6.92 Å². The smallest absolute Gasteiger partial charge is 0.238 e. The minimum Gasteiger partial charge on any atom is -0.486 e. The first kappa shape index (κ1) is 15.2. The fraction of sp³-hybridized carbons (Fsp3) is 0.438. The number of rotatable bonds is 6. The average Bonchev–Trinajstić information content (AvgIpc) is 2.51. The molecule has 0 radical (unpaired) electrons. The Balaban J connectivity index is 1.91. The lowest BCUT2D eigenvalue weighted by Crippen LogP contribution is -2.33. The number of amides is 1. The van der Waals surface area contributed by atoms with Gasteiger partial charge in [-0.15, -0.1) is 12.3 Å². The third-order valence-electron chi connectivity index (χ3n) is 3.21. The number of benzene rings is 1. The van der Waals surface area contributed by atoms with Crippen LogP contribution >= 0.6 is 0 Å². The number of hydrogen-bond acceptors (Lipinski definition) is 4. The number of hydrogen-bond donors (Lipinski definition) is 1. The first-order chi connectivity index (χ1) is 10.2. The normalized spacial score (nSPS) is 12.8. The number of anilines is 1. The highest BCUT2D eigenvalue weighted by Gasteiger charge is 2.13. The molecular weight excluding hydrogens is 268 g/mol. The predicted molar refractivity (Wildman–Crippen MR) is 81.6 cm³/mol. The summed E-state index contributed by atoms with van der Waals surface area (Å²) in [4.78, 5) is 14.0. The maximum absolute atomic E-state index is 12.0. The first-order valence-corrected chi connectivity index (χ1v) is 7.08. The molecule has 21 heavy (non-hydrogen) atoms. The molecule has 112 valence electrons. The standard InChI is InChI=1S/C16H20N2O3/c1-3-5-8-18(4-2)12-16(19)17-13-6-7-14-15(11-13)21-10-9-20-14/h1,6-7,11H,4-5,8-10,12H2,2H3,(H,17,19). The van der Waals surface area contributed by atoms with Crippen molar-refractivity contribution in [1.82, 2.24) is 4.90 Å². The molecule has 1 amide bonds. The summed E-state index contributed by atoms with van der Waals surface area (Å²) >= 11 is 0. The van der Waals surface area contributed by atoms with Gasteiger partial charge in [-0.25, -0.2) is 0 Å². The van der Waals surface area contributed by atoms with Gasteiger partial charge >= 0.3 is 0 Å². The molecule has 2 rings (SSSR count). The Kier molecular flexibility index (Phi) is 5.47. The van der Waals surface area contributed by atoms with Gasteiger partial charge < -0.3 is 14.8 Å². The van der Waals surface area contributed by atoms with Crippen LogP contribution in [0.5, 0.6) is 11.5 Å². The zero-order valence-electron chi connectivity index (χ0n) is 12.2. The van der Waals surface area contributed by atoms with Crippen LogP contribution in [0.15, 0.2) is 18.2 Å². The van der Waals surface area contributed by atoms with Crippen molar-refractivity contribution in [3.05, 3.63) is 18.2 Å². The number of carbonyl (C=O) groups is 1. The molecule has 0 unspecified atom stereocenters. The molecule has 0 aromatic heterocycles. The zero-order valence-corrected chi connectivity index (χ0v) is 12.2. The van der Waals surface area contributed by atoms with E-state index in [9.17, 15) is 4.79 Å². The highest BCUT2D eigenvalue weighted by Crippen LogP contribution is 2.32. The van der Waals surface area contributed by atoms with Gasteiger partial charge in [0, 0.05) is 24.7 Å². The van der Waals surface area contributed by atoms with Gasteiger partial charge in [0.15, 0.2) is 11.5 Å². The van der Waals surface area contributed by atoms with E-state index >= 15 is 0 Å². The molecule has 5 nitrogen and oxygen atoms in total. The Bertz CT molecular complexity index is 537. The van der Waals surface area contributed by atoms with Crippen molar-refractivity contribution in [2.24, 2.45) is 0 Å². The minimum absolute atomic E-state index is 0.0643. The van der Waals surface area contributed by atoms with E-state index < -0.39 is 0 Å². The van der Waals surface area contributed by atoms with Crippen molar-refractivity contribution in [2.45, 2.75) is 13.3 Å². The fourth-order valence-electron chi connectivity index (χ4n) is 2.10. The lowest BCUT2D eigenvalue weighted by molar-refractivity contribution is -0.117. The van der Waals surface area contributed by atoms with Crippen molar-refractivity contribution in [3.63, 3.8) is 0 Å². The van der Waals surface area contributed by atoms with Crippen LogP contribution in [0.3, 0.4) is 0 Å². The molecule has 0 saturated heterocycles. The van der Waals surface area contributed by atoms with Gasteiger partial charge in [0.1, 0.15) is 13.2 Å². The van der Waals surface area contributed by atoms with Crippen LogP contribution in [0.25, 0.3) is 0 Å². The van der Waals surface area contributed by atoms with Crippen LogP contribution < -0.4 is 14.8 Å². The van der Waals surface area contributed by atoms with Crippen molar-refractivity contribution in [2.75, 3.05) is 38.2 Å². The van der Waals surface area contributed by atoms with E-state index in [4.69, 9.17) is 15.9 Å². The second kappa shape index (κ2) is 7.55. The monoisotopic (exact) mass is 288 g/mol. The minimum atomic E-state index is -0.0643. The van der Waals surface area contributed by atoms with E-state index in [1.165, 1.54) is 0 Å². The van der Waals surface area contributed by atoms with Crippen molar-refractivity contribution in [3.8, 4) is 23.8 Å². The molecule has 1 aromatic rings. The molecule has 0 saturated carbocycles. The maximum Gasteiger partial charge on any atom is 0.238 e. The first-order valence-electron chi connectivity index (χ1n) is 7.08. The third-order valence-corrected chi connectivity index (χ3v) is 3.21. The van der Waals surface area contributed by atoms with Crippen LogP contribution in [0, 0.1) is 12.3 Å². The Morgan fingerprint density at radius 2 is 2.14 bits per heavy atom. The fourth-order valence-corrected chi connectivity index (χ4v) is 2.10. The SMILES string of the molecule is C#CCCN(CC)CC(=O)Nc1ccc2c(c1)OCCO2. The topological polar surface area (TPSA) is 50.8 Å². The summed E-state index contributed by atoms with van der Waals surface area (Å²) in [6.45, 7) is 4.93. The Labute approximate surface area is 125 Å². The number of carbonyl (C=O) groups excluding carboxylic acids is 1. The molecule has 5 heteroatoms. The molecule has 1 N–H and O–H groups in total. The summed E-state index contributed by atoms with van der Waals surface area (Å²) in [5.74, 6) is 3.90. The zero-order chi connectivity index (χ0) is 15.1. The molecule has 0 atom stereocenters. The summed E-state index contributed by atoms with van der Waals surface area (Å²) in [7, 11) is 0. The lowest BCUT2D eigenvalue weighted by atomic mass is 10.2. The molecule has 1 aliphatic rings. The van der Waals surface area contributed by atoms with Crippen LogP contribution in [0.1, 0.15) is 13.3 Å². The molecule has 0 aliphatic carbocycles. The summed E-state index contributed by atoms with van der Waals surface area (Å²) in [6, 6.07) is 5.40. The number of nitrogens with one attached hydrogen (secondary N) is 1. The number of fused-ring (bicyclic) bond motifs is 1. The van der Waals surface area contributed by atoms with Gasteiger partial charge in [0.25, 0.3) is 0 Å². The highest BCUT2D eigenvalue weighted by molar-refractivity contribution is 5.92. The quantitative estimate of drug-likeness (QED) is 0.810. The van der Waals surface area contributed by atoms with E-state index in [1.807, 2.05) is 17.9 Å². The number of nitrogens with zero attached hydrogens (tertiary/aromatic N) is 1. The lowest BCUT2D eigenvalue weighted by Gasteiger charge is -2.20. The average molecular weight is 288 g/mol. The van der Waals surface area contributed by atoms with Crippen molar-refractivity contribution >= 4 is 11.6 Å². The largest absolute Gasteiger partial charge is 0.486 e. The van der Waals surface area contributed by atoms with Gasteiger partial charge in [-0.3, -0.25) is 9.69 Å². The maximum atomic E-state index is 12.0. The molecule has 0 fully saturated rings. The molecule has 0 bridgehead atoms. The Morgan fingerprint density at radius 1 is 1.38 bits per heavy atom. The Hall–Kier alpha value is -2.19. The predicted octanol–water partition coefficient (Wildman–Crippen LogP) is 1.74. The summed E-state index contributed by atoms with van der Waals surface area (Å²) in [6.07, 6.45) is 5.89. The van der Waals surface area contributed by atoms with Crippen LogP contribution in [-0.2, 0) is 4.79 Å². The summed E-state index contributed by atoms with van der Waals surface area (Å²) in [5, 5.41) is 2.87. The van der Waals surface area contributed by atoms with Crippen LogP contribution in [0.4, 0.5) is 5.69 Å². The second-order valence-corrected chi connectivity index (χ2v) is 4.73. The molecule has 1 aromatic carbocycles. The second-order valence-electron chi connectivity index (χ2n) is 4.73. The van der Waals surface area contributed by atoms with Gasteiger partial charge in [0.2, 0.25) is 5.91 Å². The summed E-state index contributed by atoms with van der Waals surface area (Å²) < 4.78 is 10.9. The van der Waals surface area contributed by atoms with E-state index in [1.54, 1.807) is 12.1 Å². The van der Waals surface area contributed by atoms with Crippen LogP contribution in [-0.4, -0.2) is 43.7 Å². The number of ether oxygens (including phenoxy) is 2. The highest BCUT2D eigenvalue weighted by atomic mass is 16.6. The van der Waals surface area contributed by atoms with Gasteiger partial charge in [-0.05, 0) is 18.7 Å².